The molecule has 0 fully saturated rings. The van der Waals surface area contributed by atoms with Crippen molar-refractivity contribution >= 4 is 29.9 Å². The number of guanidine groups is 1. The first kappa shape index (κ1) is 23.4. The molecule has 2 unspecified atom stereocenters. The number of rotatable bonds is 8. The van der Waals surface area contributed by atoms with Crippen LogP contribution in [0.25, 0.3) is 0 Å². The van der Waals surface area contributed by atoms with E-state index in [0.717, 1.165) is 36.3 Å². The minimum Gasteiger partial charge on any atom is -0.493 e. The Bertz CT molecular complexity index is 810. The maximum absolute atomic E-state index is 5.84. The summed E-state index contributed by atoms with van der Waals surface area (Å²) in [6.07, 6.45) is 0.907. The van der Waals surface area contributed by atoms with Gasteiger partial charge in [0.15, 0.2) is 11.8 Å². The predicted octanol–water partition coefficient (Wildman–Crippen LogP) is 2.38. The number of aliphatic imine (C=N–C) groups is 1. The van der Waals surface area contributed by atoms with Crippen LogP contribution in [0.2, 0.25) is 0 Å². The summed E-state index contributed by atoms with van der Waals surface area (Å²) in [6, 6.07) is 8.39. The maximum atomic E-state index is 5.84. The number of hydrogen-bond donors (Lipinski definition) is 2. The number of hydrogen-bond acceptors (Lipinski definition) is 5. The summed E-state index contributed by atoms with van der Waals surface area (Å²) in [5.74, 6) is 3.72. The van der Waals surface area contributed by atoms with Crippen LogP contribution in [0.3, 0.4) is 0 Å². The van der Waals surface area contributed by atoms with E-state index < -0.39 is 0 Å². The van der Waals surface area contributed by atoms with Crippen molar-refractivity contribution in [2.75, 3.05) is 26.9 Å². The maximum Gasteiger partial charge on any atom is 0.191 e. The molecule has 2 heterocycles. The SMILES string of the molecule is COCCCNC(=NCc1nnc(C)n1C)NC(C)C1COc2ccccc21.I. The quantitative estimate of drug-likeness (QED) is 0.244. The van der Waals surface area contributed by atoms with Crippen LogP contribution < -0.4 is 15.4 Å². The molecular formula is C20H31IN6O2. The van der Waals surface area contributed by atoms with E-state index >= 15 is 0 Å². The smallest absolute Gasteiger partial charge is 0.191 e. The largest absolute Gasteiger partial charge is 0.493 e. The van der Waals surface area contributed by atoms with Gasteiger partial charge in [-0.25, -0.2) is 4.99 Å². The fourth-order valence-corrected chi connectivity index (χ4v) is 3.23. The van der Waals surface area contributed by atoms with Gasteiger partial charge >= 0.3 is 0 Å². The lowest BCUT2D eigenvalue weighted by molar-refractivity contribution is 0.195. The van der Waals surface area contributed by atoms with Gasteiger partial charge in [-0.1, -0.05) is 18.2 Å². The Morgan fingerprint density at radius 1 is 1.38 bits per heavy atom. The van der Waals surface area contributed by atoms with Crippen LogP contribution in [0.4, 0.5) is 0 Å². The third kappa shape index (κ3) is 6.05. The van der Waals surface area contributed by atoms with E-state index in [9.17, 15) is 0 Å². The predicted molar refractivity (Wildman–Crippen MR) is 124 cm³/mol. The van der Waals surface area contributed by atoms with Gasteiger partial charge in [0.1, 0.15) is 18.1 Å². The van der Waals surface area contributed by atoms with E-state index in [0.29, 0.717) is 19.8 Å². The molecule has 0 spiro atoms. The zero-order valence-electron chi connectivity index (χ0n) is 17.5. The summed E-state index contributed by atoms with van der Waals surface area (Å²) in [5.41, 5.74) is 1.24. The number of nitrogens with one attached hydrogen (secondary N) is 2. The lowest BCUT2D eigenvalue weighted by Gasteiger charge is -2.23. The van der Waals surface area contributed by atoms with E-state index in [1.54, 1.807) is 7.11 Å². The summed E-state index contributed by atoms with van der Waals surface area (Å²) >= 11 is 0. The molecule has 1 aliphatic rings. The number of halogens is 1. The number of aromatic nitrogens is 3. The summed E-state index contributed by atoms with van der Waals surface area (Å²) in [7, 11) is 3.66. The van der Waals surface area contributed by atoms with Crippen molar-refractivity contribution in [3.63, 3.8) is 0 Å². The van der Waals surface area contributed by atoms with Crippen molar-refractivity contribution in [2.45, 2.75) is 38.8 Å². The van der Waals surface area contributed by atoms with Gasteiger partial charge in [0.2, 0.25) is 0 Å². The molecule has 1 aromatic carbocycles. The molecule has 9 heteroatoms. The minimum absolute atomic E-state index is 0. The molecule has 0 amide bonds. The lowest BCUT2D eigenvalue weighted by Crippen LogP contribution is -2.45. The zero-order valence-corrected chi connectivity index (χ0v) is 19.8. The van der Waals surface area contributed by atoms with Gasteiger partial charge in [-0.3, -0.25) is 0 Å². The highest BCUT2D eigenvalue weighted by molar-refractivity contribution is 14.0. The van der Waals surface area contributed by atoms with Gasteiger partial charge in [-0.2, -0.15) is 0 Å². The normalized spacial score (nSPS) is 16.6. The highest BCUT2D eigenvalue weighted by Gasteiger charge is 2.29. The van der Waals surface area contributed by atoms with Crippen molar-refractivity contribution in [2.24, 2.45) is 12.0 Å². The summed E-state index contributed by atoms with van der Waals surface area (Å²) in [5, 5.41) is 15.2. The summed E-state index contributed by atoms with van der Waals surface area (Å²) in [4.78, 5) is 4.72. The molecular weight excluding hydrogens is 483 g/mol. The lowest BCUT2D eigenvalue weighted by atomic mass is 9.94. The molecule has 3 rings (SSSR count). The first-order valence-corrected chi connectivity index (χ1v) is 9.70. The average Bonchev–Trinajstić information content (AvgIpc) is 3.27. The molecule has 0 saturated heterocycles. The van der Waals surface area contributed by atoms with Crippen molar-refractivity contribution in [1.29, 1.82) is 0 Å². The molecule has 0 bridgehead atoms. The highest BCUT2D eigenvalue weighted by Crippen LogP contribution is 2.35. The molecule has 0 saturated carbocycles. The second kappa shape index (κ2) is 11.3. The first-order chi connectivity index (χ1) is 13.6. The Kier molecular flexibility index (Phi) is 9.15. The average molecular weight is 514 g/mol. The molecule has 2 N–H and O–H groups in total. The fraction of sp³-hybridized carbons (Fsp3) is 0.550. The molecule has 0 aliphatic carbocycles. The molecule has 8 nitrogen and oxygen atoms in total. The van der Waals surface area contributed by atoms with Crippen LogP contribution in [0, 0.1) is 6.92 Å². The Balaban J connectivity index is 0.00000300. The Morgan fingerprint density at radius 3 is 2.90 bits per heavy atom. The molecule has 2 aromatic rings. The van der Waals surface area contributed by atoms with Crippen LogP contribution in [0.5, 0.6) is 5.75 Å². The van der Waals surface area contributed by atoms with Crippen LogP contribution in [-0.2, 0) is 18.3 Å². The molecule has 0 radical (unpaired) electrons. The van der Waals surface area contributed by atoms with Gasteiger partial charge in [-0.15, -0.1) is 34.2 Å². The number of methoxy groups -OCH3 is 1. The Hall–Kier alpha value is -1.88. The van der Waals surface area contributed by atoms with Crippen LogP contribution in [0.1, 0.15) is 36.5 Å². The van der Waals surface area contributed by atoms with E-state index in [2.05, 4.69) is 39.9 Å². The van der Waals surface area contributed by atoms with E-state index in [1.165, 1.54) is 5.56 Å². The summed E-state index contributed by atoms with van der Waals surface area (Å²) in [6.45, 7) is 6.72. The number of para-hydroxylation sites is 1. The highest BCUT2D eigenvalue weighted by atomic mass is 127. The van der Waals surface area contributed by atoms with Crippen LogP contribution in [-0.4, -0.2) is 53.6 Å². The number of aryl methyl sites for hydroxylation is 1. The van der Waals surface area contributed by atoms with Gasteiger partial charge in [0.05, 0.1) is 6.61 Å². The van der Waals surface area contributed by atoms with E-state index in [-0.39, 0.29) is 35.9 Å². The Labute approximate surface area is 189 Å². The van der Waals surface area contributed by atoms with E-state index in [4.69, 9.17) is 14.5 Å². The van der Waals surface area contributed by atoms with Crippen molar-refractivity contribution < 1.29 is 9.47 Å². The number of fused-ring (bicyclic) bond motifs is 1. The number of ether oxygens (including phenoxy) is 2. The minimum atomic E-state index is 0. The number of nitrogens with zero attached hydrogens (tertiary/aromatic N) is 4. The second-order valence-electron chi connectivity index (χ2n) is 7.05. The van der Waals surface area contributed by atoms with Crippen molar-refractivity contribution in [3.8, 4) is 5.75 Å². The van der Waals surface area contributed by atoms with Crippen molar-refractivity contribution in [3.05, 3.63) is 41.5 Å². The third-order valence-electron chi connectivity index (χ3n) is 5.08. The second-order valence-corrected chi connectivity index (χ2v) is 7.05. The zero-order chi connectivity index (χ0) is 19.9. The van der Waals surface area contributed by atoms with Crippen molar-refractivity contribution in [1.82, 2.24) is 25.4 Å². The fourth-order valence-electron chi connectivity index (χ4n) is 3.23. The number of benzene rings is 1. The molecule has 1 aliphatic heterocycles. The van der Waals surface area contributed by atoms with Gasteiger partial charge in [0.25, 0.3) is 0 Å². The van der Waals surface area contributed by atoms with Gasteiger partial charge in [-0.05, 0) is 26.3 Å². The van der Waals surface area contributed by atoms with Crippen LogP contribution in [0.15, 0.2) is 29.3 Å². The Morgan fingerprint density at radius 2 is 2.17 bits per heavy atom. The first-order valence-electron chi connectivity index (χ1n) is 9.70. The van der Waals surface area contributed by atoms with Gasteiger partial charge in [0, 0.05) is 44.8 Å². The van der Waals surface area contributed by atoms with Crippen LogP contribution >= 0.6 is 24.0 Å². The monoisotopic (exact) mass is 514 g/mol. The summed E-state index contributed by atoms with van der Waals surface area (Å²) < 4.78 is 12.9. The third-order valence-corrected chi connectivity index (χ3v) is 5.08. The molecule has 29 heavy (non-hydrogen) atoms. The molecule has 2 atom stereocenters. The topological polar surface area (TPSA) is 85.6 Å². The van der Waals surface area contributed by atoms with E-state index in [1.807, 2.05) is 30.7 Å². The molecule has 160 valence electrons. The molecule has 1 aromatic heterocycles. The van der Waals surface area contributed by atoms with Gasteiger partial charge < -0.3 is 24.7 Å². The standard InChI is InChI=1S/C20H30N6O2.HI/c1-14(17-13-28-18-9-6-5-8-16(17)18)23-20(21-10-7-11-27-4)22-12-19-25-24-15(2)26(19)3;/h5-6,8-9,14,17H,7,10-13H2,1-4H3,(H2,21,22,23);1H.